The van der Waals surface area contributed by atoms with Crippen molar-refractivity contribution >= 4 is 34.0 Å². The maximum Gasteiger partial charge on any atom is 0.255 e. The molecular formula is C22H19N5O2. The second-order valence-electron chi connectivity index (χ2n) is 6.86. The van der Waals surface area contributed by atoms with E-state index in [4.69, 9.17) is 10.5 Å². The minimum atomic E-state index is -0.196. The lowest BCUT2D eigenvalue weighted by atomic mass is 10.1. The van der Waals surface area contributed by atoms with E-state index < -0.39 is 0 Å². The van der Waals surface area contributed by atoms with E-state index in [0.29, 0.717) is 30.2 Å². The molecule has 0 unspecified atom stereocenters. The van der Waals surface area contributed by atoms with Crippen molar-refractivity contribution in [3.8, 4) is 5.75 Å². The number of nitrogens with two attached hydrogens (primary N) is 1. The lowest BCUT2D eigenvalue weighted by Gasteiger charge is -2.17. The summed E-state index contributed by atoms with van der Waals surface area (Å²) in [7, 11) is 0. The van der Waals surface area contributed by atoms with Crippen LogP contribution in [0.25, 0.3) is 10.9 Å². The first-order valence-corrected chi connectivity index (χ1v) is 9.30. The molecule has 0 bridgehead atoms. The van der Waals surface area contributed by atoms with Crippen LogP contribution in [0.5, 0.6) is 5.75 Å². The molecule has 4 aromatic rings. The highest BCUT2D eigenvalue weighted by atomic mass is 16.5. The molecule has 144 valence electrons. The summed E-state index contributed by atoms with van der Waals surface area (Å²) in [4.78, 5) is 12.5. The summed E-state index contributed by atoms with van der Waals surface area (Å²) in [5.41, 5.74) is 9.53. The molecule has 0 fully saturated rings. The van der Waals surface area contributed by atoms with Crippen LogP contribution in [0.2, 0.25) is 0 Å². The van der Waals surface area contributed by atoms with Crippen molar-refractivity contribution in [3.05, 3.63) is 77.9 Å². The van der Waals surface area contributed by atoms with Crippen molar-refractivity contribution in [1.82, 2.24) is 9.78 Å². The van der Waals surface area contributed by atoms with E-state index >= 15 is 0 Å². The fourth-order valence-electron chi connectivity index (χ4n) is 3.49. The summed E-state index contributed by atoms with van der Waals surface area (Å²) < 4.78 is 7.57. The Morgan fingerprint density at radius 3 is 2.76 bits per heavy atom. The number of rotatable bonds is 4. The third-order valence-electron chi connectivity index (χ3n) is 4.95. The topological polar surface area (TPSA) is 94.2 Å². The first kappa shape index (κ1) is 17.1. The van der Waals surface area contributed by atoms with Crippen molar-refractivity contribution in [2.24, 2.45) is 0 Å². The number of hydrogen-bond acceptors (Lipinski definition) is 5. The van der Waals surface area contributed by atoms with Crippen LogP contribution in [0, 0.1) is 0 Å². The normalized spacial score (nSPS) is 12.3. The monoisotopic (exact) mass is 385 g/mol. The molecule has 1 aliphatic heterocycles. The second kappa shape index (κ2) is 6.87. The summed E-state index contributed by atoms with van der Waals surface area (Å²) >= 11 is 0. The van der Waals surface area contributed by atoms with Gasteiger partial charge in [0.05, 0.1) is 28.8 Å². The van der Waals surface area contributed by atoms with Gasteiger partial charge in [0.15, 0.2) is 6.73 Å². The molecule has 5 rings (SSSR count). The number of nitrogens with one attached hydrogen (secondary N) is 2. The molecular weight excluding hydrogens is 366 g/mol. The van der Waals surface area contributed by atoms with Gasteiger partial charge in [-0.25, -0.2) is 4.68 Å². The Morgan fingerprint density at radius 1 is 1.10 bits per heavy atom. The predicted octanol–water partition coefficient (Wildman–Crippen LogP) is 3.68. The lowest BCUT2D eigenvalue weighted by Crippen LogP contribution is -2.17. The van der Waals surface area contributed by atoms with Gasteiger partial charge >= 0.3 is 0 Å². The van der Waals surface area contributed by atoms with Gasteiger partial charge in [0.2, 0.25) is 0 Å². The summed E-state index contributed by atoms with van der Waals surface area (Å²) in [6.45, 7) is 1.00. The number of nitrogens with zero attached hydrogens (tertiary/aromatic N) is 2. The summed E-state index contributed by atoms with van der Waals surface area (Å²) in [6, 6.07) is 20.5. The van der Waals surface area contributed by atoms with Gasteiger partial charge in [-0.1, -0.05) is 30.3 Å². The fourth-order valence-corrected chi connectivity index (χ4v) is 3.49. The van der Waals surface area contributed by atoms with Crippen molar-refractivity contribution < 1.29 is 9.53 Å². The molecule has 7 nitrogen and oxygen atoms in total. The van der Waals surface area contributed by atoms with E-state index in [1.165, 1.54) is 0 Å². The highest BCUT2D eigenvalue weighted by molar-refractivity contribution is 6.05. The van der Waals surface area contributed by atoms with Gasteiger partial charge in [0.1, 0.15) is 11.6 Å². The van der Waals surface area contributed by atoms with Gasteiger partial charge in [-0.05, 0) is 42.0 Å². The third kappa shape index (κ3) is 3.12. The van der Waals surface area contributed by atoms with Gasteiger partial charge in [0.25, 0.3) is 5.91 Å². The van der Waals surface area contributed by atoms with Crippen LogP contribution >= 0.6 is 0 Å². The molecule has 0 atom stereocenters. The van der Waals surface area contributed by atoms with E-state index in [9.17, 15) is 4.79 Å². The molecule has 0 saturated heterocycles. The highest BCUT2D eigenvalue weighted by Crippen LogP contribution is 2.35. The minimum Gasteiger partial charge on any atom is -0.472 e. The van der Waals surface area contributed by atoms with Crippen molar-refractivity contribution in [2.45, 2.75) is 6.54 Å². The molecule has 7 heteroatoms. The molecule has 0 saturated carbocycles. The molecule has 0 aliphatic carbocycles. The molecule has 1 aliphatic rings. The zero-order chi connectivity index (χ0) is 19.8. The van der Waals surface area contributed by atoms with E-state index in [-0.39, 0.29) is 5.91 Å². The van der Waals surface area contributed by atoms with Crippen LogP contribution < -0.4 is 21.1 Å². The number of ether oxygens (including phenoxy) is 1. The Kier molecular flexibility index (Phi) is 4.05. The number of amides is 1. The van der Waals surface area contributed by atoms with E-state index in [1.807, 2.05) is 47.1 Å². The third-order valence-corrected chi connectivity index (χ3v) is 4.95. The largest absolute Gasteiger partial charge is 0.472 e. The number of benzene rings is 3. The van der Waals surface area contributed by atoms with Gasteiger partial charge in [0, 0.05) is 5.56 Å². The summed E-state index contributed by atoms with van der Waals surface area (Å²) in [6.07, 6.45) is 0. The van der Waals surface area contributed by atoms with Crippen molar-refractivity contribution in [3.63, 3.8) is 0 Å². The number of anilines is 3. The zero-order valence-corrected chi connectivity index (χ0v) is 15.6. The molecule has 2 heterocycles. The molecule has 0 radical (unpaired) electrons. The first-order valence-electron chi connectivity index (χ1n) is 9.30. The fraction of sp³-hybridized carbons (Fsp3) is 0.0909. The van der Waals surface area contributed by atoms with Crippen LogP contribution in [0.1, 0.15) is 15.9 Å². The van der Waals surface area contributed by atoms with Crippen molar-refractivity contribution in [2.75, 3.05) is 23.1 Å². The second-order valence-corrected chi connectivity index (χ2v) is 6.86. The van der Waals surface area contributed by atoms with E-state index in [1.54, 1.807) is 24.3 Å². The number of hydrogen-bond donors (Lipinski definition) is 3. The molecule has 29 heavy (non-hydrogen) atoms. The molecule has 3 aromatic carbocycles. The number of carbonyl (C=O) groups excluding carboxylic acids is 1. The Labute approximate surface area is 167 Å². The van der Waals surface area contributed by atoms with Crippen LogP contribution in [-0.4, -0.2) is 22.4 Å². The molecule has 4 N–H and O–H groups in total. The molecule has 1 amide bonds. The smallest absolute Gasteiger partial charge is 0.255 e. The average Bonchev–Trinajstić information content (AvgIpc) is 3.10. The van der Waals surface area contributed by atoms with Crippen LogP contribution in [-0.2, 0) is 6.54 Å². The molecule has 0 spiro atoms. The quantitative estimate of drug-likeness (QED) is 0.466. The van der Waals surface area contributed by atoms with Crippen LogP contribution in [0.3, 0.4) is 0 Å². The maximum atomic E-state index is 12.5. The summed E-state index contributed by atoms with van der Waals surface area (Å²) in [5, 5.41) is 11.8. The summed E-state index contributed by atoms with van der Waals surface area (Å²) in [5.74, 6) is 1.59. The van der Waals surface area contributed by atoms with Crippen molar-refractivity contribution in [1.29, 1.82) is 0 Å². The van der Waals surface area contributed by atoms with Crippen LogP contribution in [0.4, 0.5) is 17.2 Å². The SMILES string of the molecule is Nc1ccccc1NC(=O)c1ccc(Cn2nc3cccc4c3c2NCO4)cc1. The number of aromatic nitrogens is 2. The standard InChI is InChI=1S/C22H19N5O2/c23-16-4-1-2-5-17(16)25-22(28)15-10-8-14(9-11-15)12-27-21-20-18(26-27)6-3-7-19(20)29-13-24-21/h1-11,24H,12-13,23H2,(H,25,28). The Balaban J connectivity index is 1.36. The Hall–Kier alpha value is -4.00. The molecule has 1 aromatic heterocycles. The van der Waals surface area contributed by atoms with Gasteiger partial charge in [-0.2, -0.15) is 5.10 Å². The zero-order valence-electron chi connectivity index (χ0n) is 15.6. The van der Waals surface area contributed by atoms with Gasteiger partial charge in [-0.3, -0.25) is 4.79 Å². The highest BCUT2D eigenvalue weighted by Gasteiger charge is 2.19. The average molecular weight is 385 g/mol. The number of nitrogen functional groups attached to an aromatic ring is 1. The maximum absolute atomic E-state index is 12.5. The minimum absolute atomic E-state index is 0.196. The van der Waals surface area contributed by atoms with E-state index in [2.05, 4.69) is 15.7 Å². The first-order chi connectivity index (χ1) is 14.2. The van der Waals surface area contributed by atoms with Gasteiger partial charge < -0.3 is 21.1 Å². The lowest BCUT2D eigenvalue weighted by molar-refractivity contribution is 0.102. The van der Waals surface area contributed by atoms with E-state index in [0.717, 1.165) is 28.0 Å². The number of para-hydroxylation sites is 2. The number of carbonyl (C=O) groups is 1. The van der Waals surface area contributed by atoms with Crippen LogP contribution in [0.15, 0.2) is 66.7 Å². The Bertz CT molecular complexity index is 1210. The predicted molar refractivity (Wildman–Crippen MR) is 113 cm³/mol. The van der Waals surface area contributed by atoms with Gasteiger partial charge in [-0.15, -0.1) is 0 Å². The Morgan fingerprint density at radius 2 is 1.93 bits per heavy atom.